The molecule has 0 radical (unpaired) electrons. The van der Waals surface area contributed by atoms with Gasteiger partial charge in [-0.15, -0.1) is 0 Å². The molecule has 0 unspecified atom stereocenters. The SMILES string of the molecule is Cc1cc(NC(=O)CN(CCC(C)C)C(=O)c2cccc(Cl)c2)no1. The largest absolute Gasteiger partial charge is 0.360 e. The molecule has 1 aromatic heterocycles. The molecule has 0 aliphatic heterocycles. The molecule has 0 bridgehead atoms. The first-order valence-electron chi connectivity index (χ1n) is 8.13. The zero-order valence-electron chi connectivity index (χ0n) is 14.6. The summed E-state index contributed by atoms with van der Waals surface area (Å²) in [4.78, 5) is 26.5. The summed E-state index contributed by atoms with van der Waals surface area (Å²) >= 11 is 5.97. The molecule has 0 aliphatic rings. The smallest absolute Gasteiger partial charge is 0.254 e. The second kappa shape index (κ2) is 8.67. The van der Waals surface area contributed by atoms with Crippen LogP contribution < -0.4 is 5.32 Å². The molecule has 0 fully saturated rings. The highest BCUT2D eigenvalue weighted by Gasteiger charge is 2.20. The molecule has 2 rings (SSSR count). The Hall–Kier alpha value is -2.34. The van der Waals surface area contributed by atoms with Crippen molar-refractivity contribution in [2.24, 2.45) is 5.92 Å². The van der Waals surface area contributed by atoms with Crippen LogP contribution in [0.25, 0.3) is 0 Å². The van der Waals surface area contributed by atoms with Gasteiger partial charge in [-0.1, -0.05) is 36.7 Å². The number of amides is 2. The van der Waals surface area contributed by atoms with Crippen molar-refractivity contribution in [3.63, 3.8) is 0 Å². The van der Waals surface area contributed by atoms with E-state index in [1.165, 1.54) is 4.90 Å². The summed E-state index contributed by atoms with van der Waals surface area (Å²) in [5.74, 6) is 0.793. The highest BCUT2D eigenvalue weighted by Crippen LogP contribution is 2.14. The van der Waals surface area contributed by atoms with Gasteiger partial charge in [0, 0.05) is 23.2 Å². The molecular formula is C18H22ClN3O3. The van der Waals surface area contributed by atoms with Crippen LogP contribution in [-0.4, -0.2) is 35.0 Å². The third-order valence-corrected chi connectivity index (χ3v) is 3.80. The molecule has 0 saturated carbocycles. The predicted molar refractivity (Wildman–Crippen MR) is 96.7 cm³/mol. The van der Waals surface area contributed by atoms with Gasteiger partial charge in [-0.2, -0.15) is 0 Å². The Morgan fingerprint density at radius 1 is 1.32 bits per heavy atom. The van der Waals surface area contributed by atoms with Crippen molar-refractivity contribution in [2.75, 3.05) is 18.4 Å². The lowest BCUT2D eigenvalue weighted by atomic mass is 10.1. The first-order chi connectivity index (χ1) is 11.8. The number of carbonyl (C=O) groups excluding carboxylic acids is 2. The Labute approximate surface area is 152 Å². The number of aromatic nitrogens is 1. The second-order valence-electron chi connectivity index (χ2n) is 6.29. The van der Waals surface area contributed by atoms with Crippen molar-refractivity contribution in [3.05, 3.63) is 46.7 Å². The third kappa shape index (κ3) is 5.90. The summed E-state index contributed by atoms with van der Waals surface area (Å²) < 4.78 is 4.92. The fourth-order valence-corrected chi connectivity index (χ4v) is 2.44. The number of halogens is 1. The van der Waals surface area contributed by atoms with E-state index < -0.39 is 0 Å². The Morgan fingerprint density at radius 3 is 2.68 bits per heavy atom. The number of anilines is 1. The first-order valence-corrected chi connectivity index (χ1v) is 8.51. The van der Waals surface area contributed by atoms with E-state index in [4.69, 9.17) is 16.1 Å². The quantitative estimate of drug-likeness (QED) is 0.812. The zero-order valence-corrected chi connectivity index (χ0v) is 15.3. The summed E-state index contributed by atoms with van der Waals surface area (Å²) in [6.07, 6.45) is 0.794. The van der Waals surface area contributed by atoms with Crippen LogP contribution in [0.5, 0.6) is 0 Å². The maximum Gasteiger partial charge on any atom is 0.254 e. The number of hydrogen-bond acceptors (Lipinski definition) is 4. The molecule has 0 saturated heterocycles. The maximum absolute atomic E-state index is 12.8. The number of nitrogens with zero attached hydrogens (tertiary/aromatic N) is 2. The fourth-order valence-electron chi connectivity index (χ4n) is 2.25. The van der Waals surface area contributed by atoms with Crippen LogP contribution in [0.15, 0.2) is 34.9 Å². The van der Waals surface area contributed by atoms with Crippen molar-refractivity contribution in [1.29, 1.82) is 0 Å². The van der Waals surface area contributed by atoms with Gasteiger partial charge in [-0.3, -0.25) is 9.59 Å². The van der Waals surface area contributed by atoms with Crippen LogP contribution in [0.1, 0.15) is 36.4 Å². The zero-order chi connectivity index (χ0) is 18.4. The van der Waals surface area contributed by atoms with Crippen LogP contribution in [0, 0.1) is 12.8 Å². The van der Waals surface area contributed by atoms with E-state index in [0.717, 1.165) is 6.42 Å². The molecule has 7 heteroatoms. The summed E-state index contributed by atoms with van der Waals surface area (Å²) in [5, 5.41) is 6.84. The average molecular weight is 364 g/mol. The highest BCUT2D eigenvalue weighted by molar-refractivity contribution is 6.31. The molecule has 1 heterocycles. The van der Waals surface area contributed by atoms with Gasteiger partial charge in [0.15, 0.2) is 5.82 Å². The Morgan fingerprint density at radius 2 is 2.08 bits per heavy atom. The van der Waals surface area contributed by atoms with Gasteiger partial charge in [-0.05, 0) is 37.5 Å². The van der Waals surface area contributed by atoms with Crippen LogP contribution >= 0.6 is 11.6 Å². The number of hydrogen-bond donors (Lipinski definition) is 1. The highest BCUT2D eigenvalue weighted by atomic mass is 35.5. The number of rotatable bonds is 7. The molecule has 1 N–H and O–H groups in total. The second-order valence-corrected chi connectivity index (χ2v) is 6.73. The van der Waals surface area contributed by atoms with E-state index in [2.05, 4.69) is 24.3 Å². The van der Waals surface area contributed by atoms with Gasteiger partial charge in [0.05, 0.1) is 0 Å². The number of benzene rings is 1. The molecule has 0 spiro atoms. The number of aryl methyl sites for hydroxylation is 1. The lowest BCUT2D eigenvalue weighted by Crippen LogP contribution is -2.39. The van der Waals surface area contributed by atoms with Gasteiger partial charge < -0.3 is 14.7 Å². The minimum Gasteiger partial charge on any atom is -0.360 e. The van der Waals surface area contributed by atoms with E-state index in [-0.39, 0.29) is 18.4 Å². The minimum absolute atomic E-state index is 0.0655. The minimum atomic E-state index is -0.326. The van der Waals surface area contributed by atoms with E-state index in [1.807, 2.05) is 0 Å². The van der Waals surface area contributed by atoms with E-state index in [0.29, 0.717) is 34.6 Å². The van der Waals surface area contributed by atoms with Crippen LogP contribution in [-0.2, 0) is 4.79 Å². The molecule has 25 heavy (non-hydrogen) atoms. The van der Waals surface area contributed by atoms with Gasteiger partial charge in [0.1, 0.15) is 12.3 Å². The first kappa shape index (κ1) is 19.0. The van der Waals surface area contributed by atoms with Gasteiger partial charge in [0.25, 0.3) is 5.91 Å². The summed E-state index contributed by atoms with van der Waals surface area (Å²) in [5.41, 5.74) is 0.460. The van der Waals surface area contributed by atoms with Crippen molar-refractivity contribution in [2.45, 2.75) is 27.2 Å². The standard InChI is InChI=1S/C18H22ClN3O3/c1-12(2)7-8-22(18(24)14-5-4-6-15(19)10-14)11-17(23)20-16-9-13(3)25-21-16/h4-6,9-10,12H,7-8,11H2,1-3H3,(H,20,21,23). The van der Waals surface area contributed by atoms with E-state index >= 15 is 0 Å². The molecule has 134 valence electrons. The molecule has 0 aliphatic carbocycles. The van der Waals surface area contributed by atoms with Crippen LogP contribution in [0.3, 0.4) is 0 Å². The summed E-state index contributed by atoms with van der Waals surface area (Å²) in [6, 6.07) is 8.33. The van der Waals surface area contributed by atoms with E-state index in [9.17, 15) is 9.59 Å². The maximum atomic E-state index is 12.8. The molecular weight excluding hydrogens is 342 g/mol. The topological polar surface area (TPSA) is 75.4 Å². The fraction of sp³-hybridized carbons (Fsp3) is 0.389. The predicted octanol–water partition coefficient (Wildman–Crippen LogP) is 3.76. The molecule has 1 aromatic carbocycles. The van der Waals surface area contributed by atoms with Crippen LogP contribution in [0.2, 0.25) is 5.02 Å². The van der Waals surface area contributed by atoms with Gasteiger partial charge in [0.2, 0.25) is 5.91 Å². The lowest BCUT2D eigenvalue weighted by Gasteiger charge is -2.23. The molecule has 2 aromatic rings. The average Bonchev–Trinajstić information content (AvgIpc) is 2.95. The molecule has 6 nitrogen and oxygen atoms in total. The third-order valence-electron chi connectivity index (χ3n) is 3.57. The molecule has 0 atom stereocenters. The Kier molecular flexibility index (Phi) is 6.58. The Balaban J connectivity index is 2.08. The number of carbonyl (C=O) groups is 2. The van der Waals surface area contributed by atoms with Crippen molar-refractivity contribution in [3.8, 4) is 0 Å². The monoisotopic (exact) mass is 363 g/mol. The lowest BCUT2D eigenvalue weighted by molar-refractivity contribution is -0.117. The van der Waals surface area contributed by atoms with Crippen LogP contribution in [0.4, 0.5) is 5.82 Å². The van der Waals surface area contributed by atoms with E-state index in [1.54, 1.807) is 37.3 Å². The van der Waals surface area contributed by atoms with Gasteiger partial charge in [-0.25, -0.2) is 0 Å². The normalized spacial score (nSPS) is 10.8. The summed E-state index contributed by atoms with van der Waals surface area (Å²) in [7, 11) is 0. The van der Waals surface area contributed by atoms with Gasteiger partial charge >= 0.3 is 0 Å². The number of nitrogens with one attached hydrogen (secondary N) is 1. The van der Waals surface area contributed by atoms with Crippen molar-refractivity contribution in [1.82, 2.24) is 10.1 Å². The Bertz CT molecular complexity index is 743. The molecule has 2 amide bonds. The summed E-state index contributed by atoms with van der Waals surface area (Å²) in [6.45, 7) is 6.29. The van der Waals surface area contributed by atoms with Crippen molar-refractivity contribution >= 4 is 29.2 Å². The van der Waals surface area contributed by atoms with Crippen molar-refractivity contribution < 1.29 is 14.1 Å².